The van der Waals surface area contributed by atoms with Crippen molar-refractivity contribution < 1.29 is 61.9 Å². The van der Waals surface area contributed by atoms with Gasteiger partial charge in [0.2, 0.25) is 12.4 Å². The molecule has 0 aromatic carbocycles. The van der Waals surface area contributed by atoms with Crippen molar-refractivity contribution in [3.63, 3.8) is 0 Å². The van der Waals surface area contributed by atoms with Crippen molar-refractivity contribution in [3.05, 3.63) is 12.7 Å². The molecule has 1 fully saturated rings. The van der Waals surface area contributed by atoms with Crippen LogP contribution in [0.1, 0.15) is 27.7 Å². The van der Waals surface area contributed by atoms with Gasteiger partial charge in [0.1, 0.15) is 19.3 Å². The second kappa shape index (κ2) is 13.5. The quantitative estimate of drug-likeness (QED) is 0.167. The van der Waals surface area contributed by atoms with E-state index in [2.05, 4.69) is 11.3 Å². The van der Waals surface area contributed by atoms with Crippen LogP contribution in [0.25, 0.3) is 0 Å². The number of carbonyl (C=O) groups is 6. The molecule has 13 nitrogen and oxygen atoms in total. The molecule has 0 spiro atoms. The molecule has 1 aliphatic rings. The van der Waals surface area contributed by atoms with E-state index in [-0.39, 0.29) is 0 Å². The van der Waals surface area contributed by atoms with Crippen molar-refractivity contribution in [2.45, 2.75) is 63.8 Å². The molecule has 1 aliphatic heterocycles. The molecule has 14 heteroatoms. The first kappa shape index (κ1) is 28.8. The standard InChI is InChI=1S/C20H25ClO13/c1-6-15(26)28-7-13(21)19(27)29-8-14-16(30-9(2)22)17(31-10(3)23)18(32-11(4)24)20(34-14)33-12(5)25/h6,13-14,16-18,20H,1,7-8H2,2-5H3. The number of hydrogen-bond acceptors (Lipinski definition) is 13. The Labute approximate surface area is 199 Å². The van der Waals surface area contributed by atoms with Crippen LogP contribution in [0.3, 0.4) is 0 Å². The fourth-order valence-electron chi connectivity index (χ4n) is 2.78. The normalized spacial score (nSPS) is 24.6. The fraction of sp³-hybridized carbons (Fsp3) is 0.600. The lowest BCUT2D eigenvalue weighted by Gasteiger charge is -2.43. The smallest absolute Gasteiger partial charge is 0.330 e. The molecule has 1 heterocycles. The van der Waals surface area contributed by atoms with Crippen LogP contribution in [-0.2, 0) is 61.9 Å². The number of rotatable bonds is 10. The zero-order chi connectivity index (χ0) is 26.0. The molecule has 0 aromatic rings. The predicted molar refractivity (Wildman–Crippen MR) is 109 cm³/mol. The summed E-state index contributed by atoms with van der Waals surface area (Å²) in [6, 6.07) is 0. The Hall–Kier alpha value is -3.19. The van der Waals surface area contributed by atoms with Crippen LogP contribution < -0.4 is 0 Å². The molecule has 0 aromatic heterocycles. The number of ether oxygens (including phenoxy) is 7. The van der Waals surface area contributed by atoms with E-state index < -0.39 is 85.1 Å². The summed E-state index contributed by atoms with van der Waals surface area (Å²) in [6.45, 7) is 6.24. The van der Waals surface area contributed by atoms with E-state index in [1.807, 2.05) is 0 Å². The van der Waals surface area contributed by atoms with Crippen LogP contribution in [0, 0.1) is 0 Å². The third-order valence-electron chi connectivity index (χ3n) is 3.96. The van der Waals surface area contributed by atoms with Crippen molar-refractivity contribution in [2.24, 2.45) is 0 Å². The zero-order valence-corrected chi connectivity index (χ0v) is 19.6. The van der Waals surface area contributed by atoms with Crippen LogP contribution >= 0.6 is 11.6 Å². The van der Waals surface area contributed by atoms with Gasteiger partial charge in [0, 0.05) is 33.8 Å². The topological polar surface area (TPSA) is 167 Å². The van der Waals surface area contributed by atoms with Gasteiger partial charge in [-0.15, -0.1) is 11.6 Å². The van der Waals surface area contributed by atoms with Crippen molar-refractivity contribution >= 4 is 47.4 Å². The van der Waals surface area contributed by atoms with E-state index in [4.69, 9.17) is 40.0 Å². The molecule has 6 atom stereocenters. The van der Waals surface area contributed by atoms with Crippen molar-refractivity contribution in [1.82, 2.24) is 0 Å². The minimum atomic E-state index is -1.61. The Bertz CT molecular complexity index is 810. The van der Waals surface area contributed by atoms with E-state index in [0.29, 0.717) is 0 Å². The van der Waals surface area contributed by atoms with Crippen LogP contribution in [0.15, 0.2) is 12.7 Å². The molecule has 0 N–H and O–H groups in total. The van der Waals surface area contributed by atoms with E-state index in [1.54, 1.807) is 0 Å². The summed E-state index contributed by atoms with van der Waals surface area (Å²) in [5.74, 6) is -5.19. The Kier molecular flexibility index (Phi) is 11.5. The summed E-state index contributed by atoms with van der Waals surface area (Å²) in [5.41, 5.74) is 0. The highest BCUT2D eigenvalue weighted by Gasteiger charge is 2.53. The lowest BCUT2D eigenvalue weighted by Crippen LogP contribution is -2.63. The van der Waals surface area contributed by atoms with Gasteiger partial charge in [0.05, 0.1) is 0 Å². The van der Waals surface area contributed by atoms with Crippen LogP contribution in [0.5, 0.6) is 0 Å². The first-order valence-electron chi connectivity index (χ1n) is 9.79. The second-order valence-electron chi connectivity index (χ2n) is 6.81. The lowest BCUT2D eigenvalue weighted by atomic mass is 9.98. The Balaban J connectivity index is 3.15. The highest BCUT2D eigenvalue weighted by Crippen LogP contribution is 2.30. The fourth-order valence-corrected chi connectivity index (χ4v) is 2.91. The van der Waals surface area contributed by atoms with Gasteiger partial charge >= 0.3 is 35.8 Å². The summed E-state index contributed by atoms with van der Waals surface area (Å²) in [6.07, 6.45) is -6.54. The van der Waals surface area contributed by atoms with Gasteiger partial charge in [-0.1, -0.05) is 6.58 Å². The molecule has 0 amide bonds. The lowest BCUT2D eigenvalue weighted by molar-refractivity contribution is -0.300. The van der Waals surface area contributed by atoms with E-state index in [1.165, 1.54) is 0 Å². The molecule has 0 aliphatic carbocycles. The third kappa shape index (κ3) is 9.35. The van der Waals surface area contributed by atoms with Gasteiger partial charge in [0.15, 0.2) is 17.6 Å². The molecular formula is C20H25ClO13. The predicted octanol–water partition coefficient (Wildman–Crippen LogP) is -0.0507. The Morgan fingerprint density at radius 2 is 1.32 bits per heavy atom. The summed E-state index contributed by atoms with van der Waals surface area (Å²) in [7, 11) is 0. The van der Waals surface area contributed by atoms with Crippen LogP contribution in [0.2, 0.25) is 0 Å². The zero-order valence-electron chi connectivity index (χ0n) is 18.8. The molecule has 6 unspecified atom stereocenters. The van der Waals surface area contributed by atoms with Gasteiger partial charge < -0.3 is 33.2 Å². The summed E-state index contributed by atoms with van der Waals surface area (Å²) in [5, 5.41) is -1.40. The summed E-state index contributed by atoms with van der Waals surface area (Å²) >= 11 is 5.84. The maximum absolute atomic E-state index is 12.2. The summed E-state index contributed by atoms with van der Waals surface area (Å²) < 4.78 is 35.8. The number of carbonyl (C=O) groups excluding carboxylic acids is 6. The van der Waals surface area contributed by atoms with Crippen LogP contribution in [0.4, 0.5) is 0 Å². The van der Waals surface area contributed by atoms with Crippen LogP contribution in [-0.4, -0.2) is 85.1 Å². The second-order valence-corrected chi connectivity index (χ2v) is 7.33. The molecule has 190 valence electrons. The summed E-state index contributed by atoms with van der Waals surface area (Å²) in [4.78, 5) is 69.9. The molecule has 0 radical (unpaired) electrons. The average Bonchev–Trinajstić information content (AvgIpc) is 2.72. The minimum absolute atomic E-state index is 0.523. The number of halogens is 1. The Morgan fingerprint density at radius 3 is 1.82 bits per heavy atom. The largest absolute Gasteiger partial charge is 0.462 e. The number of esters is 6. The van der Waals surface area contributed by atoms with Crippen molar-refractivity contribution in [1.29, 1.82) is 0 Å². The first-order valence-corrected chi connectivity index (χ1v) is 10.2. The maximum atomic E-state index is 12.2. The molecule has 1 saturated heterocycles. The number of hydrogen-bond donors (Lipinski definition) is 0. The molecular weight excluding hydrogens is 484 g/mol. The minimum Gasteiger partial charge on any atom is -0.462 e. The highest BCUT2D eigenvalue weighted by molar-refractivity contribution is 6.30. The van der Waals surface area contributed by atoms with E-state index >= 15 is 0 Å². The van der Waals surface area contributed by atoms with Gasteiger partial charge in [-0.2, -0.15) is 0 Å². The van der Waals surface area contributed by atoms with Crippen molar-refractivity contribution in [3.8, 4) is 0 Å². The van der Waals surface area contributed by atoms with E-state index in [9.17, 15) is 28.8 Å². The Morgan fingerprint density at radius 1 is 0.824 bits per heavy atom. The molecule has 0 bridgehead atoms. The highest BCUT2D eigenvalue weighted by atomic mass is 35.5. The molecule has 34 heavy (non-hydrogen) atoms. The molecule has 0 saturated carbocycles. The average molecular weight is 509 g/mol. The monoisotopic (exact) mass is 508 g/mol. The maximum Gasteiger partial charge on any atom is 0.330 e. The van der Waals surface area contributed by atoms with Gasteiger partial charge in [-0.25, -0.2) is 4.79 Å². The SMILES string of the molecule is C=CC(=O)OCC(Cl)C(=O)OCC1OC(OC(C)=O)C(OC(C)=O)C(OC(C)=O)C1OC(C)=O. The third-order valence-corrected chi connectivity index (χ3v) is 4.27. The number of alkyl halides is 1. The van der Waals surface area contributed by atoms with Gasteiger partial charge in [0.25, 0.3) is 0 Å². The van der Waals surface area contributed by atoms with Gasteiger partial charge in [-0.05, 0) is 0 Å². The first-order chi connectivity index (χ1) is 15.8. The molecule has 1 rings (SSSR count). The van der Waals surface area contributed by atoms with Crippen molar-refractivity contribution in [2.75, 3.05) is 13.2 Å². The van der Waals surface area contributed by atoms with E-state index in [0.717, 1.165) is 33.8 Å². The van der Waals surface area contributed by atoms with Gasteiger partial charge in [-0.3, -0.25) is 24.0 Å².